The van der Waals surface area contributed by atoms with Crippen molar-refractivity contribution in [3.8, 4) is 0 Å². The Morgan fingerprint density at radius 2 is 1.29 bits per heavy atom. The molecule has 2 rings (SSSR count). The summed E-state index contributed by atoms with van der Waals surface area (Å²) in [5.74, 6) is -0.415. The first kappa shape index (κ1) is 11.1. The Bertz CT molecular complexity index is 541. The molecule has 1 amide bonds. The molecule has 0 unspecified atom stereocenters. The molecule has 0 fully saturated rings. The van der Waals surface area contributed by atoms with Crippen molar-refractivity contribution in [2.24, 2.45) is 5.73 Å². The molecule has 0 saturated carbocycles. The van der Waals surface area contributed by atoms with Gasteiger partial charge in [-0.25, -0.2) is 0 Å². The molecule has 2 nitrogen and oxygen atoms in total. The maximum Gasteiger partial charge on any atom is 0.248 e. The number of hydrogen-bond donors (Lipinski definition) is 1. The van der Waals surface area contributed by atoms with E-state index >= 15 is 0 Å². The van der Waals surface area contributed by atoms with Crippen molar-refractivity contribution >= 4 is 11.5 Å². The molecule has 84 valence electrons. The lowest BCUT2D eigenvalue weighted by atomic mass is 9.99. The zero-order valence-electron chi connectivity index (χ0n) is 9.39. The number of carbonyl (C=O) groups excluding carboxylic acids is 1. The number of nitrogens with two attached hydrogens (primary N) is 1. The van der Waals surface area contributed by atoms with Gasteiger partial charge < -0.3 is 5.73 Å². The molecule has 2 heteroatoms. The van der Waals surface area contributed by atoms with Crippen molar-refractivity contribution < 1.29 is 4.79 Å². The third kappa shape index (κ3) is 2.42. The van der Waals surface area contributed by atoms with Crippen LogP contribution in [0.25, 0.3) is 5.57 Å². The Morgan fingerprint density at radius 3 is 1.82 bits per heavy atom. The van der Waals surface area contributed by atoms with Gasteiger partial charge in [-0.15, -0.1) is 0 Å². The average Bonchev–Trinajstić information content (AvgIpc) is 2.39. The summed E-state index contributed by atoms with van der Waals surface area (Å²) in [6.07, 6.45) is 0. The zero-order chi connectivity index (χ0) is 12.3. The Kier molecular flexibility index (Phi) is 3.06. The van der Waals surface area contributed by atoms with Crippen LogP contribution in [0.5, 0.6) is 0 Å². The van der Waals surface area contributed by atoms with Gasteiger partial charge in [-0.1, -0.05) is 49.0 Å². The quantitative estimate of drug-likeness (QED) is 0.854. The molecule has 17 heavy (non-hydrogen) atoms. The zero-order valence-corrected chi connectivity index (χ0v) is 9.39. The van der Waals surface area contributed by atoms with E-state index in [1.165, 1.54) is 0 Å². The minimum Gasteiger partial charge on any atom is -0.366 e. The smallest absolute Gasteiger partial charge is 0.248 e. The Balaban J connectivity index is 2.30. The fraction of sp³-hybridized carbons (Fsp3) is 0. The minimum absolute atomic E-state index is 0.415. The first-order chi connectivity index (χ1) is 8.18. The second kappa shape index (κ2) is 4.66. The van der Waals surface area contributed by atoms with Crippen molar-refractivity contribution in [1.29, 1.82) is 0 Å². The summed E-state index contributed by atoms with van der Waals surface area (Å²) in [6, 6.07) is 17.1. The van der Waals surface area contributed by atoms with Gasteiger partial charge in [-0.3, -0.25) is 4.79 Å². The first-order valence-electron chi connectivity index (χ1n) is 5.33. The lowest BCUT2D eigenvalue weighted by molar-refractivity contribution is 0.100. The summed E-state index contributed by atoms with van der Waals surface area (Å²) in [6.45, 7) is 4.05. The molecule has 2 aromatic rings. The van der Waals surface area contributed by atoms with E-state index in [9.17, 15) is 4.79 Å². The van der Waals surface area contributed by atoms with E-state index in [0.29, 0.717) is 5.56 Å². The monoisotopic (exact) mass is 223 g/mol. The van der Waals surface area contributed by atoms with Gasteiger partial charge in [0, 0.05) is 5.56 Å². The summed E-state index contributed by atoms with van der Waals surface area (Å²) in [7, 11) is 0. The summed E-state index contributed by atoms with van der Waals surface area (Å²) in [5.41, 5.74) is 8.69. The normalized spacial score (nSPS) is 9.88. The number of rotatable bonds is 3. The second-order valence-electron chi connectivity index (χ2n) is 3.79. The molecule has 0 aliphatic heterocycles. The Labute approximate surface area is 100 Å². The van der Waals surface area contributed by atoms with E-state index in [1.807, 2.05) is 42.5 Å². The number of amides is 1. The summed E-state index contributed by atoms with van der Waals surface area (Å²) in [4.78, 5) is 11.0. The molecule has 2 aromatic carbocycles. The predicted octanol–water partition coefficient (Wildman–Crippen LogP) is 2.85. The average molecular weight is 223 g/mol. The SMILES string of the molecule is C=C(c1ccccc1)c1ccc(C(N)=O)cc1. The van der Waals surface area contributed by atoms with Crippen molar-refractivity contribution in [3.63, 3.8) is 0 Å². The van der Waals surface area contributed by atoms with Gasteiger partial charge >= 0.3 is 0 Å². The van der Waals surface area contributed by atoms with Crippen LogP contribution in [-0.4, -0.2) is 5.91 Å². The number of carbonyl (C=O) groups is 1. The van der Waals surface area contributed by atoms with Crippen LogP contribution in [0.1, 0.15) is 21.5 Å². The van der Waals surface area contributed by atoms with Crippen LogP contribution in [0.15, 0.2) is 61.2 Å². The third-order valence-electron chi connectivity index (χ3n) is 2.64. The molecule has 0 aromatic heterocycles. The summed E-state index contributed by atoms with van der Waals surface area (Å²) in [5, 5.41) is 0. The molecule has 0 spiro atoms. The highest BCUT2D eigenvalue weighted by atomic mass is 16.1. The molecular formula is C15H13NO. The maximum absolute atomic E-state index is 11.0. The number of primary amides is 1. The van der Waals surface area contributed by atoms with Gasteiger partial charge in [-0.05, 0) is 28.8 Å². The van der Waals surface area contributed by atoms with E-state index in [1.54, 1.807) is 12.1 Å². The molecular weight excluding hydrogens is 210 g/mol. The fourth-order valence-electron chi connectivity index (χ4n) is 1.64. The lowest BCUT2D eigenvalue weighted by Crippen LogP contribution is -2.10. The highest BCUT2D eigenvalue weighted by molar-refractivity contribution is 5.93. The van der Waals surface area contributed by atoms with Crippen LogP contribution < -0.4 is 5.73 Å². The van der Waals surface area contributed by atoms with Crippen molar-refractivity contribution in [1.82, 2.24) is 0 Å². The second-order valence-corrected chi connectivity index (χ2v) is 3.79. The molecule has 0 aliphatic rings. The molecule has 2 N–H and O–H groups in total. The molecule has 0 atom stereocenters. The largest absolute Gasteiger partial charge is 0.366 e. The topological polar surface area (TPSA) is 43.1 Å². The van der Waals surface area contributed by atoms with E-state index in [4.69, 9.17) is 5.73 Å². The van der Waals surface area contributed by atoms with Crippen LogP contribution in [0.4, 0.5) is 0 Å². The van der Waals surface area contributed by atoms with Crippen LogP contribution in [0, 0.1) is 0 Å². The summed E-state index contributed by atoms with van der Waals surface area (Å²) >= 11 is 0. The van der Waals surface area contributed by atoms with Crippen molar-refractivity contribution in [2.75, 3.05) is 0 Å². The van der Waals surface area contributed by atoms with Crippen LogP contribution in [-0.2, 0) is 0 Å². The lowest BCUT2D eigenvalue weighted by Gasteiger charge is -2.06. The highest BCUT2D eigenvalue weighted by Gasteiger charge is 2.03. The fourth-order valence-corrected chi connectivity index (χ4v) is 1.64. The third-order valence-corrected chi connectivity index (χ3v) is 2.64. The Morgan fingerprint density at radius 1 is 0.824 bits per heavy atom. The van der Waals surface area contributed by atoms with Gasteiger partial charge in [-0.2, -0.15) is 0 Å². The Hall–Kier alpha value is -2.35. The predicted molar refractivity (Wildman–Crippen MR) is 69.5 cm³/mol. The van der Waals surface area contributed by atoms with Crippen LogP contribution in [0.2, 0.25) is 0 Å². The number of hydrogen-bond acceptors (Lipinski definition) is 1. The maximum atomic E-state index is 11.0. The van der Waals surface area contributed by atoms with Gasteiger partial charge in [0.2, 0.25) is 5.91 Å². The van der Waals surface area contributed by atoms with E-state index in [-0.39, 0.29) is 0 Å². The van der Waals surface area contributed by atoms with E-state index in [2.05, 4.69) is 6.58 Å². The number of benzene rings is 2. The summed E-state index contributed by atoms with van der Waals surface area (Å²) < 4.78 is 0. The van der Waals surface area contributed by atoms with Crippen LogP contribution in [0.3, 0.4) is 0 Å². The molecule has 0 heterocycles. The standard InChI is InChI=1S/C15H13NO/c1-11(12-5-3-2-4-6-12)13-7-9-14(10-8-13)15(16)17/h2-10H,1H2,(H2,16,17). The van der Waals surface area contributed by atoms with Gasteiger partial charge in [0.15, 0.2) is 0 Å². The van der Waals surface area contributed by atoms with Gasteiger partial charge in [0.05, 0.1) is 0 Å². The van der Waals surface area contributed by atoms with Crippen molar-refractivity contribution in [3.05, 3.63) is 77.9 Å². The van der Waals surface area contributed by atoms with Gasteiger partial charge in [0.1, 0.15) is 0 Å². The van der Waals surface area contributed by atoms with Gasteiger partial charge in [0.25, 0.3) is 0 Å². The van der Waals surface area contributed by atoms with Crippen LogP contribution >= 0.6 is 0 Å². The molecule has 0 bridgehead atoms. The highest BCUT2D eigenvalue weighted by Crippen LogP contribution is 2.21. The molecule has 0 aliphatic carbocycles. The minimum atomic E-state index is -0.415. The first-order valence-corrected chi connectivity index (χ1v) is 5.33. The molecule has 0 radical (unpaired) electrons. The van der Waals surface area contributed by atoms with E-state index in [0.717, 1.165) is 16.7 Å². The van der Waals surface area contributed by atoms with E-state index < -0.39 is 5.91 Å². The van der Waals surface area contributed by atoms with Crippen molar-refractivity contribution in [2.45, 2.75) is 0 Å². The molecule has 0 saturated heterocycles.